The molecule has 2 heterocycles. The zero-order valence-electron chi connectivity index (χ0n) is 14.8. The van der Waals surface area contributed by atoms with Crippen LogP contribution in [0.2, 0.25) is 0 Å². The van der Waals surface area contributed by atoms with Gasteiger partial charge in [-0.2, -0.15) is 0 Å². The van der Waals surface area contributed by atoms with E-state index in [1.165, 1.54) is 0 Å². The zero-order valence-corrected chi connectivity index (χ0v) is 14.8. The highest BCUT2D eigenvalue weighted by Gasteiger charge is 2.32. The average molecular weight is 348 g/mol. The van der Waals surface area contributed by atoms with Crippen molar-refractivity contribution < 1.29 is 23.8 Å². The number of likely N-dealkylation sites (tertiary alicyclic amines) is 1. The molecular weight excluding hydrogens is 324 g/mol. The number of hydrogen-bond donors (Lipinski definition) is 1. The third-order valence-electron chi connectivity index (χ3n) is 4.14. The van der Waals surface area contributed by atoms with Crippen molar-refractivity contribution in [1.82, 2.24) is 10.2 Å². The predicted molar refractivity (Wildman–Crippen MR) is 90.9 cm³/mol. The topological polar surface area (TPSA) is 77.1 Å². The van der Waals surface area contributed by atoms with Crippen LogP contribution in [0.4, 0.5) is 4.79 Å². The molecule has 1 unspecified atom stereocenters. The summed E-state index contributed by atoms with van der Waals surface area (Å²) in [6.07, 6.45) is 1.43. The van der Waals surface area contributed by atoms with Crippen molar-refractivity contribution in [3.8, 4) is 11.5 Å². The van der Waals surface area contributed by atoms with Gasteiger partial charge in [0, 0.05) is 18.7 Å². The fraction of sp³-hybridized carbons (Fsp3) is 0.556. The van der Waals surface area contributed by atoms with Crippen molar-refractivity contribution in [2.24, 2.45) is 0 Å². The maximum Gasteiger partial charge on any atom is 0.410 e. The number of rotatable bonds is 3. The normalized spacial score (nSPS) is 19.0. The van der Waals surface area contributed by atoms with Crippen molar-refractivity contribution in [1.29, 1.82) is 0 Å². The van der Waals surface area contributed by atoms with Gasteiger partial charge in [-0.3, -0.25) is 4.79 Å². The minimum Gasteiger partial charge on any atom is -0.454 e. The summed E-state index contributed by atoms with van der Waals surface area (Å²) in [5, 5.41) is 2.90. The summed E-state index contributed by atoms with van der Waals surface area (Å²) in [6.45, 7) is 6.76. The van der Waals surface area contributed by atoms with Gasteiger partial charge in [0.05, 0.1) is 6.04 Å². The van der Waals surface area contributed by atoms with E-state index in [-0.39, 0.29) is 24.8 Å². The minimum atomic E-state index is -0.528. The summed E-state index contributed by atoms with van der Waals surface area (Å²) >= 11 is 0. The molecule has 1 aromatic rings. The molecule has 2 aliphatic rings. The first-order chi connectivity index (χ1) is 11.8. The lowest BCUT2D eigenvalue weighted by atomic mass is 10.1. The summed E-state index contributed by atoms with van der Waals surface area (Å²) in [7, 11) is 0. The van der Waals surface area contributed by atoms with E-state index < -0.39 is 5.60 Å². The van der Waals surface area contributed by atoms with Crippen LogP contribution < -0.4 is 14.8 Å². The fourth-order valence-corrected chi connectivity index (χ4v) is 2.96. The summed E-state index contributed by atoms with van der Waals surface area (Å²) in [6, 6.07) is 5.04. The van der Waals surface area contributed by atoms with Crippen LogP contribution in [0, 0.1) is 0 Å². The first kappa shape index (κ1) is 17.4. The summed E-state index contributed by atoms with van der Waals surface area (Å²) < 4.78 is 16.0. The highest BCUT2D eigenvalue weighted by Crippen LogP contribution is 2.32. The molecule has 25 heavy (non-hydrogen) atoms. The Labute approximate surface area is 147 Å². The van der Waals surface area contributed by atoms with Crippen molar-refractivity contribution in [3.05, 3.63) is 23.8 Å². The number of benzene rings is 1. The van der Waals surface area contributed by atoms with Crippen LogP contribution in [0.25, 0.3) is 0 Å². The molecule has 0 aliphatic carbocycles. The van der Waals surface area contributed by atoms with Crippen LogP contribution in [0.5, 0.6) is 11.5 Å². The van der Waals surface area contributed by atoms with Crippen LogP contribution in [-0.4, -0.2) is 48.4 Å². The van der Waals surface area contributed by atoms with Gasteiger partial charge in [-0.05, 0) is 51.8 Å². The molecule has 7 heteroatoms. The molecule has 1 N–H and O–H groups in total. The van der Waals surface area contributed by atoms with Gasteiger partial charge in [-0.25, -0.2) is 4.79 Å². The van der Waals surface area contributed by atoms with Crippen LogP contribution in [-0.2, 0) is 4.74 Å². The predicted octanol–water partition coefficient (Wildman–Crippen LogP) is 2.54. The van der Waals surface area contributed by atoms with Crippen molar-refractivity contribution in [2.45, 2.75) is 45.3 Å². The van der Waals surface area contributed by atoms with Crippen LogP contribution in [0.1, 0.15) is 44.0 Å². The molecule has 1 fully saturated rings. The van der Waals surface area contributed by atoms with Gasteiger partial charge in [-0.1, -0.05) is 0 Å². The van der Waals surface area contributed by atoms with Gasteiger partial charge in [0.25, 0.3) is 5.91 Å². The highest BCUT2D eigenvalue weighted by atomic mass is 16.7. The van der Waals surface area contributed by atoms with E-state index in [9.17, 15) is 9.59 Å². The number of carbonyl (C=O) groups excluding carboxylic acids is 2. The van der Waals surface area contributed by atoms with E-state index in [0.29, 0.717) is 30.2 Å². The second kappa shape index (κ2) is 6.82. The molecular formula is C18H24N2O5. The first-order valence-electron chi connectivity index (χ1n) is 8.51. The molecule has 1 saturated heterocycles. The number of nitrogens with zero attached hydrogens (tertiary/aromatic N) is 1. The fourth-order valence-electron chi connectivity index (χ4n) is 2.96. The van der Waals surface area contributed by atoms with Crippen LogP contribution in [0.15, 0.2) is 18.2 Å². The first-order valence-corrected chi connectivity index (χ1v) is 8.51. The van der Waals surface area contributed by atoms with Gasteiger partial charge in [0.2, 0.25) is 6.79 Å². The van der Waals surface area contributed by atoms with E-state index in [0.717, 1.165) is 12.8 Å². The third-order valence-corrected chi connectivity index (χ3v) is 4.14. The van der Waals surface area contributed by atoms with Gasteiger partial charge in [0.1, 0.15) is 5.60 Å². The van der Waals surface area contributed by atoms with Crippen LogP contribution in [0.3, 0.4) is 0 Å². The Morgan fingerprint density at radius 2 is 2.04 bits per heavy atom. The third kappa shape index (κ3) is 4.15. The molecule has 0 aromatic heterocycles. The Bertz CT molecular complexity index is 668. The zero-order chi connectivity index (χ0) is 18.0. The van der Waals surface area contributed by atoms with E-state index in [4.69, 9.17) is 14.2 Å². The monoisotopic (exact) mass is 348 g/mol. The number of nitrogens with one attached hydrogen (secondary N) is 1. The van der Waals surface area contributed by atoms with E-state index in [1.54, 1.807) is 23.1 Å². The Kier molecular flexibility index (Phi) is 4.74. The van der Waals surface area contributed by atoms with Crippen LogP contribution >= 0.6 is 0 Å². The number of hydrogen-bond acceptors (Lipinski definition) is 5. The highest BCUT2D eigenvalue weighted by molar-refractivity contribution is 5.95. The molecule has 7 nitrogen and oxygen atoms in total. The SMILES string of the molecule is CC(C)(C)OC(=O)N1CCCC1CNC(=O)c1ccc2c(c1)OCO2. The lowest BCUT2D eigenvalue weighted by molar-refractivity contribution is 0.0225. The van der Waals surface area contributed by atoms with Gasteiger partial charge in [-0.15, -0.1) is 0 Å². The summed E-state index contributed by atoms with van der Waals surface area (Å²) in [5.74, 6) is 1.02. The van der Waals surface area contributed by atoms with E-state index >= 15 is 0 Å². The van der Waals surface area contributed by atoms with E-state index in [2.05, 4.69) is 5.32 Å². The van der Waals surface area contributed by atoms with Gasteiger partial charge < -0.3 is 24.4 Å². The summed E-state index contributed by atoms with van der Waals surface area (Å²) in [4.78, 5) is 26.3. The standard InChI is InChI=1S/C18H24N2O5/c1-18(2,3)25-17(22)20-8-4-5-13(20)10-19-16(21)12-6-7-14-15(9-12)24-11-23-14/h6-7,9,13H,4-5,8,10-11H2,1-3H3,(H,19,21). The summed E-state index contributed by atoms with van der Waals surface area (Å²) in [5.41, 5.74) is -0.0222. The molecule has 1 atom stereocenters. The van der Waals surface area contributed by atoms with Gasteiger partial charge >= 0.3 is 6.09 Å². The maximum atomic E-state index is 12.4. The molecule has 136 valence electrons. The quantitative estimate of drug-likeness (QED) is 0.908. The molecule has 3 rings (SSSR count). The second-order valence-corrected chi connectivity index (χ2v) is 7.25. The number of carbonyl (C=O) groups is 2. The molecule has 0 bridgehead atoms. The van der Waals surface area contributed by atoms with Crippen molar-refractivity contribution in [3.63, 3.8) is 0 Å². The maximum absolute atomic E-state index is 12.4. The van der Waals surface area contributed by atoms with Gasteiger partial charge in [0.15, 0.2) is 11.5 Å². The lowest BCUT2D eigenvalue weighted by Gasteiger charge is -2.28. The second-order valence-electron chi connectivity index (χ2n) is 7.25. The minimum absolute atomic E-state index is 0.0483. The number of ether oxygens (including phenoxy) is 3. The van der Waals surface area contributed by atoms with Crippen molar-refractivity contribution >= 4 is 12.0 Å². The Hall–Kier alpha value is -2.44. The molecule has 2 amide bonds. The molecule has 1 aromatic carbocycles. The molecule has 2 aliphatic heterocycles. The Balaban J connectivity index is 1.57. The largest absolute Gasteiger partial charge is 0.454 e. The number of amides is 2. The molecule has 0 spiro atoms. The lowest BCUT2D eigenvalue weighted by Crippen LogP contribution is -2.45. The Morgan fingerprint density at radius 1 is 1.28 bits per heavy atom. The number of fused-ring (bicyclic) bond motifs is 1. The molecule has 0 saturated carbocycles. The smallest absolute Gasteiger partial charge is 0.410 e. The van der Waals surface area contributed by atoms with Crippen molar-refractivity contribution in [2.75, 3.05) is 19.9 Å². The Morgan fingerprint density at radius 3 is 2.80 bits per heavy atom. The molecule has 0 radical (unpaired) electrons. The van der Waals surface area contributed by atoms with E-state index in [1.807, 2.05) is 20.8 Å². The average Bonchev–Trinajstić information content (AvgIpc) is 3.18.